The van der Waals surface area contributed by atoms with Crippen LogP contribution < -0.4 is 10.1 Å². The van der Waals surface area contributed by atoms with Gasteiger partial charge in [-0.3, -0.25) is 9.00 Å². The fourth-order valence-electron chi connectivity index (χ4n) is 3.06. The zero-order valence-corrected chi connectivity index (χ0v) is 14.7. The van der Waals surface area contributed by atoms with Crippen LogP contribution in [0.2, 0.25) is 0 Å². The Labute approximate surface area is 141 Å². The summed E-state index contributed by atoms with van der Waals surface area (Å²) in [5.74, 6) is 1.04. The number of para-hydroxylation sites is 1. The maximum atomic E-state index is 12.3. The van der Waals surface area contributed by atoms with Crippen molar-refractivity contribution in [2.24, 2.45) is 0 Å². The third-order valence-corrected chi connectivity index (χ3v) is 5.49. The standard InChI is InChI=1S/C18H27NO3S/c1-22-17-12-8-7-9-15(17)13-23(21)14-18(20)19-16-10-5-3-2-4-6-11-16/h7-9,12,16H,2-6,10-11,13-14H2,1H3,(H,19,20). The van der Waals surface area contributed by atoms with Gasteiger partial charge in [0.1, 0.15) is 11.5 Å². The first kappa shape index (κ1) is 18.0. The Kier molecular flexibility index (Phi) is 7.59. The monoisotopic (exact) mass is 337 g/mol. The Morgan fingerprint density at radius 1 is 1.17 bits per heavy atom. The van der Waals surface area contributed by atoms with Gasteiger partial charge in [-0.2, -0.15) is 0 Å². The molecule has 0 aliphatic heterocycles. The van der Waals surface area contributed by atoms with Gasteiger partial charge < -0.3 is 10.1 Å². The highest BCUT2D eigenvalue weighted by atomic mass is 32.2. The van der Waals surface area contributed by atoms with Crippen LogP contribution in [0.1, 0.15) is 50.5 Å². The van der Waals surface area contributed by atoms with Crippen molar-refractivity contribution in [1.82, 2.24) is 5.32 Å². The summed E-state index contributed by atoms with van der Waals surface area (Å²) in [4.78, 5) is 12.1. The van der Waals surface area contributed by atoms with Crippen molar-refractivity contribution in [2.45, 2.75) is 56.7 Å². The third kappa shape index (κ3) is 6.34. The quantitative estimate of drug-likeness (QED) is 0.867. The van der Waals surface area contributed by atoms with Gasteiger partial charge in [0.25, 0.3) is 0 Å². The molecule has 1 fully saturated rings. The molecule has 1 aromatic rings. The SMILES string of the molecule is COc1ccccc1CS(=O)CC(=O)NC1CCCCCCC1. The van der Waals surface area contributed by atoms with E-state index in [4.69, 9.17) is 4.74 Å². The largest absolute Gasteiger partial charge is 0.496 e. The Morgan fingerprint density at radius 2 is 1.83 bits per heavy atom. The van der Waals surface area contributed by atoms with Gasteiger partial charge in [0.15, 0.2) is 0 Å². The van der Waals surface area contributed by atoms with Gasteiger partial charge in [0, 0.05) is 22.4 Å². The van der Waals surface area contributed by atoms with Crippen LogP contribution in [0.3, 0.4) is 0 Å². The van der Waals surface area contributed by atoms with E-state index in [1.165, 1.54) is 32.1 Å². The molecule has 1 amide bonds. The fourth-order valence-corrected chi connectivity index (χ4v) is 4.13. The van der Waals surface area contributed by atoms with E-state index >= 15 is 0 Å². The number of amides is 1. The second-order valence-electron chi connectivity index (χ2n) is 6.15. The predicted molar refractivity (Wildman–Crippen MR) is 94.0 cm³/mol. The lowest BCUT2D eigenvalue weighted by Crippen LogP contribution is -2.38. The second-order valence-corrected chi connectivity index (χ2v) is 7.61. The predicted octanol–water partition coefficient (Wildman–Crippen LogP) is 3.17. The van der Waals surface area contributed by atoms with E-state index in [-0.39, 0.29) is 17.7 Å². The van der Waals surface area contributed by atoms with E-state index in [9.17, 15) is 9.00 Å². The summed E-state index contributed by atoms with van der Waals surface area (Å²) < 4.78 is 17.5. The van der Waals surface area contributed by atoms with Crippen LogP contribution >= 0.6 is 0 Å². The minimum Gasteiger partial charge on any atom is -0.496 e. The van der Waals surface area contributed by atoms with Crippen molar-refractivity contribution in [1.29, 1.82) is 0 Å². The van der Waals surface area contributed by atoms with Crippen molar-refractivity contribution < 1.29 is 13.7 Å². The normalized spacial score (nSPS) is 17.8. The highest BCUT2D eigenvalue weighted by Crippen LogP contribution is 2.19. The zero-order valence-electron chi connectivity index (χ0n) is 13.9. The van der Waals surface area contributed by atoms with Crippen LogP contribution in [0.25, 0.3) is 0 Å². The maximum Gasteiger partial charge on any atom is 0.232 e. The molecule has 0 spiro atoms. The molecule has 1 aromatic carbocycles. The van der Waals surface area contributed by atoms with Crippen molar-refractivity contribution in [3.63, 3.8) is 0 Å². The average molecular weight is 337 g/mol. The number of ether oxygens (including phenoxy) is 1. The molecule has 1 aliphatic rings. The first-order valence-corrected chi connectivity index (χ1v) is 9.94. The van der Waals surface area contributed by atoms with Crippen molar-refractivity contribution in [3.05, 3.63) is 29.8 Å². The number of nitrogens with one attached hydrogen (secondary N) is 1. The molecule has 0 saturated heterocycles. The number of carbonyl (C=O) groups excluding carboxylic acids is 1. The van der Waals surface area contributed by atoms with Gasteiger partial charge in [-0.15, -0.1) is 0 Å². The Morgan fingerprint density at radius 3 is 2.52 bits per heavy atom. The molecule has 1 aliphatic carbocycles. The van der Waals surface area contributed by atoms with Crippen LogP contribution in [-0.4, -0.2) is 29.0 Å². The van der Waals surface area contributed by atoms with Crippen molar-refractivity contribution in [3.8, 4) is 5.75 Å². The van der Waals surface area contributed by atoms with Gasteiger partial charge in [-0.1, -0.05) is 50.3 Å². The van der Waals surface area contributed by atoms with Crippen LogP contribution in [-0.2, 0) is 21.3 Å². The molecule has 2 rings (SSSR count). The maximum absolute atomic E-state index is 12.3. The number of hydrogen-bond acceptors (Lipinski definition) is 3. The molecular formula is C18H27NO3S. The second kappa shape index (κ2) is 9.71. The molecular weight excluding hydrogens is 310 g/mol. The summed E-state index contributed by atoms with van der Waals surface area (Å²) >= 11 is 0. The minimum absolute atomic E-state index is 0.0640. The molecule has 1 atom stereocenters. The summed E-state index contributed by atoms with van der Waals surface area (Å²) in [6.45, 7) is 0. The summed E-state index contributed by atoms with van der Waals surface area (Å²) in [5.41, 5.74) is 0.882. The van der Waals surface area contributed by atoms with Crippen molar-refractivity contribution in [2.75, 3.05) is 12.9 Å². The van der Waals surface area contributed by atoms with Gasteiger partial charge in [0.05, 0.1) is 12.9 Å². The first-order valence-electron chi connectivity index (χ1n) is 8.45. The minimum atomic E-state index is -1.22. The van der Waals surface area contributed by atoms with Crippen LogP contribution in [0.15, 0.2) is 24.3 Å². The van der Waals surface area contributed by atoms with Crippen LogP contribution in [0.4, 0.5) is 0 Å². The molecule has 4 nitrogen and oxygen atoms in total. The molecule has 1 N–H and O–H groups in total. The number of hydrogen-bond donors (Lipinski definition) is 1. The van der Waals surface area contributed by atoms with Crippen molar-refractivity contribution >= 4 is 16.7 Å². The van der Waals surface area contributed by atoms with E-state index in [1.54, 1.807) is 7.11 Å². The van der Waals surface area contributed by atoms with E-state index in [1.807, 2.05) is 24.3 Å². The van der Waals surface area contributed by atoms with Crippen LogP contribution in [0, 0.1) is 0 Å². The highest BCUT2D eigenvalue weighted by molar-refractivity contribution is 7.84. The smallest absolute Gasteiger partial charge is 0.232 e. The molecule has 1 saturated carbocycles. The third-order valence-electron chi connectivity index (χ3n) is 4.27. The number of rotatable bonds is 6. The number of carbonyl (C=O) groups is 1. The van der Waals surface area contributed by atoms with E-state index in [2.05, 4.69) is 5.32 Å². The fraction of sp³-hybridized carbons (Fsp3) is 0.611. The molecule has 128 valence electrons. The topological polar surface area (TPSA) is 55.4 Å². The molecule has 0 heterocycles. The molecule has 0 radical (unpaired) electrons. The van der Waals surface area contributed by atoms with Crippen LogP contribution in [0.5, 0.6) is 5.75 Å². The van der Waals surface area contributed by atoms with Gasteiger partial charge in [-0.25, -0.2) is 0 Å². The van der Waals surface area contributed by atoms with E-state index < -0.39 is 10.8 Å². The Bertz CT molecular complexity index is 525. The Balaban J connectivity index is 1.80. The molecule has 5 heteroatoms. The molecule has 0 bridgehead atoms. The summed E-state index contributed by atoms with van der Waals surface area (Å²) in [6, 6.07) is 7.77. The lowest BCUT2D eigenvalue weighted by atomic mass is 9.97. The lowest BCUT2D eigenvalue weighted by molar-refractivity contribution is -0.119. The molecule has 0 aromatic heterocycles. The summed E-state index contributed by atoms with van der Waals surface area (Å²) in [6.07, 6.45) is 8.27. The first-order chi connectivity index (χ1) is 11.2. The van der Waals surface area contributed by atoms with E-state index in [0.29, 0.717) is 5.75 Å². The highest BCUT2D eigenvalue weighted by Gasteiger charge is 2.16. The van der Waals surface area contributed by atoms with Gasteiger partial charge in [-0.05, 0) is 18.9 Å². The summed E-state index contributed by atoms with van der Waals surface area (Å²) in [7, 11) is 0.383. The van der Waals surface area contributed by atoms with Gasteiger partial charge >= 0.3 is 0 Å². The molecule has 1 unspecified atom stereocenters. The summed E-state index contributed by atoms with van der Waals surface area (Å²) in [5, 5.41) is 3.07. The molecule has 23 heavy (non-hydrogen) atoms. The lowest BCUT2D eigenvalue weighted by Gasteiger charge is -2.21. The Hall–Kier alpha value is -1.36. The number of methoxy groups -OCH3 is 1. The zero-order chi connectivity index (χ0) is 16.5. The van der Waals surface area contributed by atoms with Gasteiger partial charge in [0.2, 0.25) is 5.91 Å². The number of benzene rings is 1. The van der Waals surface area contributed by atoms with E-state index in [0.717, 1.165) is 24.2 Å². The average Bonchev–Trinajstić information content (AvgIpc) is 2.50.